The van der Waals surface area contributed by atoms with Crippen LogP contribution in [0.3, 0.4) is 0 Å². The Morgan fingerprint density at radius 3 is 2.48 bits per heavy atom. The van der Waals surface area contributed by atoms with Crippen molar-refractivity contribution in [3.05, 3.63) is 59.5 Å². The molecule has 0 saturated carbocycles. The monoisotopic (exact) mass is 341 g/mol. The topological polar surface area (TPSA) is 88.6 Å². The van der Waals surface area contributed by atoms with Crippen molar-refractivity contribution in [1.29, 1.82) is 0 Å². The van der Waals surface area contributed by atoms with Gasteiger partial charge in [0.15, 0.2) is 5.76 Å². The molecule has 2 amide bonds. The Labute approximate surface area is 147 Å². The van der Waals surface area contributed by atoms with Gasteiger partial charge in [-0.15, -0.1) is 0 Å². The van der Waals surface area contributed by atoms with Crippen molar-refractivity contribution in [2.24, 2.45) is 5.73 Å². The van der Waals surface area contributed by atoms with Crippen LogP contribution in [0.25, 0.3) is 0 Å². The highest BCUT2D eigenvalue weighted by atomic mass is 16.3. The van der Waals surface area contributed by atoms with Crippen LogP contribution in [0.4, 0.5) is 0 Å². The number of aryl methyl sites for hydroxylation is 1. The molecule has 132 valence electrons. The molecular weight excluding hydrogens is 318 g/mol. The molecule has 0 aliphatic carbocycles. The second-order valence-electron chi connectivity index (χ2n) is 6.44. The average Bonchev–Trinajstić information content (AvgIpc) is 3.16. The second kappa shape index (κ2) is 7.53. The lowest BCUT2D eigenvalue weighted by Crippen LogP contribution is -2.48. The van der Waals surface area contributed by atoms with Crippen LogP contribution in [-0.2, 0) is 4.79 Å². The number of hydrogen-bond donors (Lipinski definition) is 2. The Hall–Kier alpha value is -2.60. The van der Waals surface area contributed by atoms with Gasteiger partial charge in [-0.25, -0.2) is 0 Å². The zero-order valence-corrected chi connectivity index (χ0v) is 14.3. The second-order valence-corrected chi connectivity index (χ2v) is 6.44. The van der Waals surface area contributed by atoms with Crippen LogP contribution in [0.1, 0.15) is 40.6 Å². The van der Waals surface area contributed by atoms with E-state index in [-0.39, 0.29) is 17.9 Å². The zero-order chi connectivity index (χ0) is 17.8. The number of rotatable bonds is 4. The SMILES string of the molecule is Cc1ccc(C(N)C(=O)NC2CCN(C(=O)c3ccco3)CC2)cc1. The Kier molecular flexibility index (Phi) is 5.19. The van der Waals surface area contributed by atoms with E-state index in [9.17, 15) is 9.59 Å². The highest BCUT2D eigenvalue weighted by Crippen LogP contribution is 2.16. The predicted molar refractivity (Wildman–Crippen MR) is 93.9 cm³/mol. The lowest BCUT2D eigenvalue weighted by Gasteiger charge is -2.32. The summed E-state index contributed by atoms with van der Waals surface area (Å²) in [6.45, 7) is 3.17. The smallest absolute Gasteiger partial charge is 0.289 e. The van der Waals surface area contributed by atoms with Crippen molar-refractivity contribution in [3.8, 4) is 0 Å². The fraction of sp³-hybridized carbons (Fsp3) is 0.368. The van der Waals surface area contributed by atoms with Crippen molar-refractivity contribution in [1.82, 2.24) is 10.2 Å². The van der Waals surface area contributed by atoms with E-state index in [1.54, 1.807) is 17.0 Å². The fourth-order valence-electron chi connectivity index (χ4n) is 3.00. The summed E-state index contributed by atoms with van der Waals surface area (Å²) in [4.78, 5) is 26.4. The van der Waals surface area contributed by atoms with E-state index in [0.29, 0.717) is 31.7 Å². The first-order valence-electron chi connectivity index (χ1n) is 8.50. The van der Waals surface area contributed by atoms with Crippen LogP contribution in [-0.4, -0.2) is 35.8 Å². The molecule has 0 spiro atoms. The summed E-state index contributed by atoms with van der Waals surface area (Å²) in [5.74, 6) is 0.0645. The number of amides is 2. The summed E-state index contributed by atoms with van der Waals surface area (Å²) in [6, 6.07) is 10.4. The van der Waals surface area contributed by atoms with Crippen LogP contribution >= 0.6 is 0 Å². The molecule has 1 aliphatic heterocycles. The van der Waals surface area contributed by atoms with Gasteiger partial charge in [-0.2, -0.15) is 0 Å². The van der Waals surface area contributed by atoms with Crippen molar-refractivity contribution in [2.75, 3.05) is 13.1 Å². The first kappa shape index (κ1) is 17.2. The van der Waals surface area contributed by atoms with Crippen LogP contribution < -0.4 is 11.1 Å². The van der Waals surface area contributed by atoms with Gasteiger partial charge in [-0.1, -0.05) is 29.8 Å². The Morgan fingerprint density at radius 1 is 1.20 bits per heavy atom. The maximum atomic E-state index is 12.4. The lowest BCUT2D eigenvalue weighted by atomic mass is 10.0. The summed E-state index contributed by atoms with van der Waals surface area (Å²) in [5, 5.41) is 3.00. The van der Waals surface area contributed by atoms with E-state index in [2.05, 4.69) is 5.32 Å². The molecular formula is C19H23N3O3. The Bertz CT molecular complexity index is 717. The minimum Gasteiger partial charge on any atom is -0.459 e. The third-order valence-corrected chi connectivity index (χ3v) is 4.58. The molecule has 2 aromatic rings. The summed E-state index contributed by atoms with van der Waals surface area (Å²) >= 11 is 0. The van der Waals surface area contributed by atoms with Crippen molar-refractivity contribution in [3.63, 3.8) is 0 Å². The van der Waals surface area contributed by atoms with Crippen LogP contribution in [0.5, 0.6) is 0 Å². The van der Waals surface area contributed by atoms with Crippen LogP contribution in [0.2, 0.25) is 0 Å². The Morgan fingerprint density at radius 2 is 1.88 bits per heavy atom. The number of nitrogens with zero attached hydrogens (tertiary/aromatic N) is 1. The number of furan rings is 1. The number of benzene rings is 1. The maximum absolute atomic E-state index is 12.4. The van der Waals surface area contributed by atoms with Gasteiger partial charge in [-0.3, -0.25) is 9.59 Å². The molecule has 2 heterocycles. The standard InChI is InChI=1S/C19H23N3O3/c1-13-4-6-14(7-5-13)17(20)18(23)21-15-8-10-22(11-9-15)19(24)16-3-2-12-25-16/h2-7,12,15,17H,8-11,20H2,1H3,(H,21,23). The number of hydrogen-bond acceptors (Lipinski definition) is 4. The molecule has 0 radical (unpaired) electrons. The number of nitrogens with one attached hydrogen (secondary N) is 1. The van der Waals surface area contributed by atoms with Gasteiger partial charge in [0.1, 0.15) is 6.04 Å². The molecule has 1 unspecified atom stereocenters. The van der Waals surface area contributed by atoms with E-state index < -0.39 is 6.04 Å². The molecule has 3 N–H and O–H groups in total. The lowest BCUT2D eigenvalue weighted by molar-refractivity contribution is -0.123. The average molecular weight is 341 g/mol. The van der Waals surface area contributed by atoms with Gasteiger partial charge in [0, 0.05) is 19.1 Å². The third-order valence-electron chi connectivity index (χ3n) is 4.58. The van der Waals surface area contributed by atoms with Gasteiger partial charge < -0.3 is 20.4 Å². The molecule has 1 atom stereocenters. The number of piperidine rings is 1. The minimum absolute atomic E-state index is 0.0321. The zero-order valence-electron chi connectivity index (χ0n) is 14.3. The fourth-order valence-corrected chi connectivity index (χ4v) is 3.00. The van der Waals surface area contributed by atoms with E-state index in [1.165, 1.54) is 6.26 Å². The van der Waals surface area contributed by atoms with Crippen molar-refractivity contribution < 1.29 is 14.0 Å². The van der Waals surface area contributed by atoms with E-state index in [1.807, 2.05) is 31.2 Å². The summed E-state index contributed by atoms with van der Waals surface area (Å²) in [6.07, 6.45) is 2.91. The summed E-state index contributed by atoms with van der Waals surface area (Å²) < 4.78 is 5.15. The highest BCUT2D eigenvalue weighted by Gasteiger charge is 2.27. The molecule has 3 rings (SSSR count). The number of likely N-dealkylation sites (tertiary alicyclic amines) is 1. The van der Waals surface area contributed by atoms with Crippen LogP contribution in [0.15, 0.2) is 47.1 Å². The molecule has 1 aliphatic rings. The molecule has 1 saturated heterocycles. The van der Waals surface area contributed by atoms with Gasteiger partial charge in [0.25, 0.3) is 5.91 Å². The molecule has 6 nitrogen and oxygen atoms in total. The van der Waals surface area contributed by atoms with Gasteiger partial charge in [0.05, 0.1) is 6.26 Å². The predicted octanol–water partition coefficient (Wildman–Crippen LogP) is 2.01. The summed E-state index contributed by atoms with van der Waals surface area (Å²) in [7, 11) is 0. The molecule has 1 aromatic heterocycles. The first-order valence-corrected chi connectivity index (χ1v) is 8.50. The molecule has 25 heavy (non-hydrogen) atoms. The van der Waals surface area contributed by atoms with E-state index >= 15 is 0 Å². The molecule has 1 fully saturated rings. The third kappa shape index (κ3) is 4.09. The summed E-state index contributed by atoms with van der Waals surface area (Å²) in [5.41, 5.74) is 7.99. The maximum Gasteiger partial charge on any atom is 0.289 e. The van der Waals surface area contributed by atoms with Crippen molar-refractivity contribution >= 4 is 11.8 Å². The van der Waals surface area contributed by atoms with Gasteiger partial charge in [0.2, 0.25) is 5.91 Å². The molecule has 1 aromatic carbocycles. The number of nitrogens with two attached hydrogens (primary N) is 1. The molecule has 0 bridgehead atoms. The number of carbonyl (C=O) groups excluding carboxylic acids is 2. The van der Waals surface area contributed by atoms with Crippen molar-refractivity contribution in [2.45, 2.75) is 31.8 Å². The minimum atomic E-state index is -0.677. The first-order chi connectivity index (χ1) is 12.0. The van der Waals surface area contributed by atoms with E-state index in [0.717, 1.165) is 11.1 Å². The van der Waals surface area contributed by atoms with Gasteiger partial charge in [-0.05, 0) is 37.5 Å². The van der Waals surface area contributed by atoms with Gasteiger partial charge >= 0.3 is 0 Å². The van der Waals surface area contributed by atoms with Crippen LogP contribution in [0, 0.1) is 6.92 Å². The largest absolute Gasteiger partial charge is 0.459 e. The Balaban J connectivity index is 1.50. The normalized spacial score (nSPS) is 16.5. The van der Waals surface area contributed by atoms with E-state index in [4.69, 9.17) is 10.2 Å². The molecule has 6 heteroatoms. The highest BCUT2D eigenvalue weighted by molar-refractivity contribution is 5.91. The number of carbonyl (C=O) groups is 2. The quantitative estimate of drug-likeness (QED) is 0.890.